The number of benzene rings is 3. The van der Waals surface area contributed by atoms with Crippen molar-refractivity contribution in [3.63, 3.8) is 0 Å². The van der Waals surface area contributed by atoms with Gasteiger partial charge in [0.05, 0.1) is 16.3 Å². The van der Waals surface area contributed by atoms with E-state index < -0.39 is 17.6 Å². The smallest absolute Gasteiger partial charge is 0.271 e. The number of anilines is 1. The summed E-state index contributed by atoms with van der Waals surface area (Å²) in [4.78, 5) is 24.5. The molecule has 0 aliphatic carbocycles. The minimum absolute atomic E-state index is 0.282. The lowest BCUT2D eigenvalue weighted by molar-refractivity contribution is 0.0953. The number of nitrogens with one attached hydrogen (secondary N) is 2. The average Bonchev–Trinajstić information content (AvgIpc) is 2.70. The number of hydrazone groups is 1. The van der Waals surface area contributed by atoms with E-state index in [1.807, 2.05) is 0 Å². The van der Waals surface area contributed by atoms with Gasteiger partial charge >= 0.3 is 0 Å². The van der Waals surface area contributed by atoms with Crippen LogP contribution in [0, 0.1) is 5.82 Å². The van der Waals surface area contributed by atoms with Gasteiger partial charge in [0.2, 0.25) is 0 Å². The molecule has 0 radical (unpaired) electrons. The van der Waals surface area contributed by atoms with E-state index >= 15 is 0 Å². The molecule has 0 aliphatic rings. The zero-order valence-electron chi connectivity index (χ0n) is 14.8. The van der Waals surface area contributed by atoms with Crippen molar-refractivity contribution >= 4 is 46.9 Å². The summed E-state index contributed by atoms with van der Waals surface area (Å²) < 4.78 is 13.0. The fourth-order valence-corrected chi connectivity index (χ4v) is 2.89. The largest absolute Gasteiger partial charge is 0.322 e. The number of nitrogens with zero attached hydrogens (tertiary/aromatic N) is 1. The molecule has 5 nitrogen and oxygen atoms in total. The molecule has 0 aromatic heterocycles. The van der Waals surface area contributed by atoms with E-state index in [0.717, 1.165) is 0 Å². The highest BCUT2D eigenvalue weighted by Crippen LogP contribution is 2.22. The summed E-state index contributed by atoms with van der Waals surface area (Å²) in [6.45, 7) is 0. The van der Waals surface area contributed by atoms with Gasteiger partial charge in [0.15, 0.2) is 0 Å². The van der Waals surface area contributed by atoms with Gasteiger partial charge in [-0.05, 0) is 54.6 Å². The maximum Gasteiger partial charge on any atom is 0.271 e. The topological polar surface area (TPSA) is 70.6 Å². The molecule has 2 amide bonds. The maximum atomic E-state index is 13.0. The lowest BCUT2D eigenvalue weighted by Crippen LogP contribution is -2.18. The zero-order chi connectivity index (χ0) is 20.8. The Morgan fingerprint density at radius 2 is 1.52 bits per heavy atom. The number of rotatable bonds is 5. The Labute approximate surface area is 176 Å². The molecule has 0 heterocycles. The van der Waals surface area contributed by atoms with Gasteiger partial charge in [-0.1, -0.05) is 35.3 Å². The summed E-state index contributed by atoms with van der Waals surface area (Å²) in [6.07, 6.45) is 1.35. The summed E-state index contributed by atoms with van der Waals surface area (Å²) in [5.74, 6) is -1.34. The number of carbonyl (C=O) groups excluding carboxylic acids is 2. The second-order valence-corrected chi connectivity index (χ2v) is 6.69. The molecule has 0 fully saturated rings. The second kappa shape index (κ2) is 9.32. The van der Waals surface area contributed by atoms with Gasteiger partial charge in [0.25, 0.3) is 11.8 Å². The van der Waals surface area contributed by atoms with Crippen molar-refractivity contribution in [2.45, 2.75) is 0 Å². The van der Waals surface area contributed by atoms with Gasteiger partial charge in [0, 0.05) is 22.4 Å². The highest BCUT2D eigenvalue weighted by atomic mass is 35.5. The van der Waals surface area contributed by atoms with Crippen LogP contribution in [-0.4, -0.2) is 18.0 Å². The SMILES string of the molecule is O=C(NN=Cc1c(Cl)cccc1Cl)c1cccc(NC(=O)c2ccc(F)cc2)c1. The van der Waals surface area contributed by atoms with E-state index in [1.165, 1.54) is 36.5 Å². The van der Waals surface area contributed by atoms with E-state index in [9.17, 15) is 14.0 Å². The van der Waals surface area contributed by atoms with Crippen LogP contribution in [0.15, 0.2) is 71.8 Å². The summed E-state index contributed by atoms with van der Waals surface area (Å²) in [7, 11) is 0. The Balaban J connectivity index is 1.67. The molecule has 3 aromatic carbocycles. The Morgan fingerprint density at radius 3 is 2.21 bits per heavy atom. The maximum absolute atomic E-state index is 13.0. The first-order valence-electron chi connectivity index (χ1n) is 8.38. The standard InChI is InChI=1S/C21H14Cl2FN3O2/c22-18-5-2-6-19(23)17(18)12-25-27-21(29)14-3-1-4-16(11-14)26-20(28)13-7-9-15(24)10-8-13/h1-12H,(H,26,28)(H,27,29). The van der Waals surface area contributed by atoms with Crippen LogP contribution in [0.5, 0.6) is 0 Å². The van der Waals surface area contributed by atoms with Crippen LogP contribution in [-0.2, 0) is 0 Å². The summed E-state index contributed by atoms with van der Waals surface area (Å²) in [5, 5.41) is 7.33. The van der Waals surface area contributed by atoms with E-state index in [-0.39, 0.29) is 5.56 Å². The van der Waals surface area contributed by atoms with E-state index in [4.69, 9.17) is 23.2 Å². The van der Waals surface area contributed by atoms with Crippen molar-refractivity contribution in [3.05, 3.63) is 99.3 Å². The molecule has 8 heteroatoms. The molecule has 0 saturated carbocycles. The zero-order valence-corrected chi connectivity index (χ0v) is 16.3. The van der Waals surface area contributed by atoms with Crippen molar-refractivity contribution in [1.82, 2.24) is 5.43 Å². The third kappa shape index (κ3) is 5.40. The average molecular weight is 430 g/mol. The molecule has 3 aromatic rings. The molecule has 0 bridgehead atoms. The second-order valence-electron chi connectivity index (χ2n) is 5.88. The Morgan fingerprint density at radius 1 is 0.862 bits per heavy atom. The fourth-order valence-electron chi connectivity index (χ4n) is 2.40. The van der Waals surface area contributed by atoms with Crippen molar-refractivity contribution in [2.24, 2.45) is 5.10 Å². The van der Waals surface area contributed by atoms with Gasteiger partial charge in [-0.2, -0.15) is 5.10 Å². The van der Waals surface area contributed by atoms with Crippen LogP contribution in [0.25, 0.3) is 0 Å². The predicted octanol–water partition coefficient (Wildman–Crippen LogP) is 5.15. The first kappa shape index (κ1) is 20.5. The predicted molar refractivity (Wildman–Crippen MR) is 112 cm³/mol. The molecule has 0 unspecified atom stereocenters. The summed E-state index contributed by atoms with van der Waals surface area (Å²) >= 11 is 12.1. The van der Waals surface area contributed by atoms with Crippen LogP contribution >= 0.6 is 23.2 Å². The minimum atomic E-state index is -0.484. The lowest BCUT2D eigenvalue weighted by atomic mass is 10.1. The van der Waals surface area contributed by atoms with Gasteiger partial charge in [-0.25, -0.2) is 9.82 Å². The molecular formula is C21H14Cl2FN3O2. The minimum Gasteiger partial charge on any atom is -0.322 e. The Bertz CT molecular complexity index is 1070. The molecule has 0 aliphatic heterocycles. The molecule has 0 spiro atoms. The van der Waals surface area contributed by atoms with Crippen molar-refractivity contribution < 1.29 is 14.0 Å². The quantitative estimate of drug-likeness (QED) is 0.434. The van der Waals surface area contributed by atoms with Crippen LogP contribution < -0.4 is 10.7 Å². The van der Waals surface area contributed by atoms with Crippen molar-refractivity contribution in [1.29, 1.82) is 0 Å². The molecule has 29 heavy (non-hydrogen) atoms. The number of amides is 2. The van der Waals surface area contributed by atoms with Crippen LogP contribution in [0.1, 0.15) is 26.3 Å². The molecule has 2 N–H and O–H groups in total. The lowest BCUT2D eigenvalue weighted by Gasteiger charge is -2.07. The third-order valence-corrected chi connectivity index (χ3v) is 4.51. The molecular weight excluding hydrogens is 416 g/mol. The molecule has 3 rings (SSSR count). The number of hydrogen-bond donors (Lipinski definition) is 2. The fraction of sp³-hybridized carbons (Fsp3) is 0. The monoisotopic (exact) mass is 429 g/mol. The normalized spacial score (nSPS) is 10.7. The summed E-state index contributed by atoms with van der Waals surface area (Å²) in [5.41, 5.74) is 3.85. The van der Waals surface area contributed by atoms with E-state index in [0.29, 0.717) is 26.9 Å². The van der Waals surface area contributed by atoms with E-state index in [2.05, 4.69) is 15.8 Å². The Hall–Kier alpha value is -3.22. The summed E-state index contributed by atoms with van der Waals surface area (Å²) in [6, 6.07) is 16.5. The van der Waals surface area contributed by atoms with Crippen LogP contribution in [0.3, 0.4) is 0 Å². The first-order chi connectivity index (χ1) is 13.9. The highest BCUT2D eigenvalue weighted by molar-refractivity contribution is 6.38. The number of halogens is 3. The van der Waals surface area contributed by atoms with Crippen LogP contribution in [0.2, 0.25) is 10.0 Å². The molecule has 0 saturated heterocycles. The van der Waals surface area contributed by atoms with Gasteiger partial charge in [0.1, 0.15) is 5.82 Å². The highest BCUT2D eigenvalue weighted by Gasteiger charge is 2.09. The number of hydrogen-bond acceptors (Lipinski definition) is 3. The van der Waals surface area contributed by atoms with E-state index in [1.54, 1.807) is 36.4 Å². The Kier molecular flexibility index (Phi) is 6.59. The van der Waals surface area contributed by atoms with Gasteiger partial charge in [-0.15, -0.1) is 0 Å². The first-order valence-corrected chi connectivity index (χ1v) is 9.14. The van der Waals surface area contributed by atoms with Crippen molar-refractivity contribution in [2.75, 3.05) is 5.32 Å². The third-order valence-electron chi connectivity index (χ3n) is 3.85. The van der Waals surface area contributed by atoms with Gasteiger partial charge < -0.3 is 5.32 Å². The van der Waals surface area contributed by atoms with Gasteiger partial charge in [-0.3, -0.25) is 9.59 Å². The van der Waals surface area contributed by atoms with Crippen molar-refractivity contribution in [3.8, 4) is 0 Å². The molecule has 0 atom stereocenters. The number of carbonyl (C=O) groups is 2. The molecule has 146 valence electrons. The van der Waals surface area contributed by atoms with Crippen LogP contribution in [0.4, 0.5) is 10.1 Å².